The second-order valence-electron chi connectivity index (χ2n) is 5.54. The number of nitrogens with one attached hydrogen (secondary N) is 2. The van der Waals surface area contributed by atoms with Gasteiger partial charge in [0.2, 0.25) is 11.8 Å². The molecule has 0 spiro atoms. The lowest BCUT2D eigenvalue weighted by molar-refractivity contribution is -0.132. The van der Waals surface area contributed by atoms with Gasteiger partial charge in [-0.3, -0.25) is 9.59 Å². The van der Waals surface area contributed by atoms with E-state index in [-0.39, 0.29) is 12.5 Å². The molecule has 110 valence electrons. The van der Waals surface area contributed by atoms with Crippen molar-refractivity contribution in [2.75, 3.05) is 32.8 Å². The molecule has 1 rings (SSSR count). The van der Waals surface area contributed by atoms with Crippen molar-refractivity contribution in [3.05, 3.63) is 0 Å². The molecule has 1 aliphatic rings. The van der Waals surface area contributed by atoms with Crippen molar-refractivity contribution in [3.63, 3.8) is 0 Å². The summed E-state index contributed by atoms with van der Waals surface area (Å²) in [7, 11) is 0. The summed E-state index contributed by atoms with van der Waals surface area (Å²) in [6.07, 6.45) is 2.19. The molecule has 0 saturated carbocycles. The maximum atomic E-state index is 12.2. The number of hydrogen-bond acceptors (Lipinski definition) is 4. The van der Waals surface area contributed by atoms with Crippen LogP contribution in [-0.4, -0.2) is 44.7 Å². The first-order chi connectivity index (χ1) is 8.94. The highest BCUT2D eigenvalue weighted by Crippen LogP contribution is 2.31. The molecule has 1 unspecified atom stereocenters. The number of nitrogens with two attached hydrogens (primary N) is 1. The number of carbonyl (C=O) groups excluding carboxylic acids is 2. The zero-order chi connectivity index (χ0) is 14.3. The molecule has 0 radical (unpaired) electrons. The topological polar surface area (TPSA) is 93.4 Å². The van der Waals surface area contributed by atoms with Gasteiger partial charge in [0.25, 0.3) is 0 Å². The van der Waals surface area contributed by atoms with Crippen LogP contribution < -0.4 is 16.4 Å². The van der Waals surface area contributed by atoms with E-state index in [1.165, 1.54) is 0 Å². The van der Waals surface area contributed by atoms with E-state index in [1.54, 1.807) is 0 Å². The first kappa shape index (κ1) is 15.9. The van der Waals surface area contributed by atoms with Gasteiger partial charge >= 0.3 is 0 Å². The largest absolute Gasteiger partial charge is 0.370 e. The predicted octanol–water partition coefficient (Wildman–Crippen LogP) is -0.370. The Kier molecular flexibility index (Phi) is 6.24. The number of ether oxygens (including phenoxy) is 1. The summed E-state index contributed by atoms with van der Waals surface area (Å²) < 4.78 is 5.00. The second kappa shape index (κ2) is 7.45. The van der Waals surface area contributed by atoms with E-state index < -0.39 is 11.3 Å². The average Bonchev–Trinajstić information content (AvgIpc) is 2.38. The van der Waals surface area contributed by atoms with Crippen LogP contribution in [-0.2, 0) is 14.3 Å². The number of carbonyl (C=O) groups is 2. The minimum absolute atomic E-state index is 0.0314. The van der Waals surface area contributed by atoms with E-state index in [0.29, 0.717) is 19.1 Å². The van der Waals surface area contributed by atoms with Crippen LogP contribution in [0.25, 0.3) is 0 Å². The van der Waals surface area contributed by atoms with Crippen LogP contribution in [0, 0.1) is 11.3 Å². The van der Waals surface area contributed by atoms with E-state index in [0.717, 1.165) is 25.9 Å². The summed E-state index contributed by atoms with van der Waals surface area (Å²) in [6, 6.07) is 0. The van der Waals surface area contributed by atoms with E-state index >= 15 is 0 Å². The van der Waals surface area contributed by atoms with Gasteiger partial charge in [-0.05, 0) is 31.8 Å². The number of amides is 2. The number of piperidine rings is 1. The molecule has 6 nitrogen and oxygen atoms in total. The van der Waals surface area contributed by atoms with E-state index in [4.69, 9.17) is 10.5 Å². The van der Waals surface area contributed by atoms with Crippen molar-refractivity contribution in [1.29, 1.82) is 0 Å². The number of primary amides is 1. The normalized spacial score (nSPS) is 20.0. The molecule has 4 N–H and O–H groups in total. The highest BCUT2D eigenvalue weighted by molar-refractivity contribution is 5.82. The highest BCUT2D eigenvalue weighted by atomic mass is 16.5. The van der Waals surface area contributed by atoms with Gasteiger partial charge in [-0.2, -0.15) is 0 Å². The Hall–Kier alpha value is -1.14. The van der Waals surface area contributed by atoms with Crippen molar-refractivity contribution < 1.29 is 14.3 Å². The molecule has 0 aromatic carbocycles. The smallest absolute Gasteiger partial charge is 0.243 e. The lowest BCUT2D eigenvalue weighted by atomic mass is 9.74. The van der Waals surface area contributed by atoms with Gasteiger partial charge in [0.05, 0.1) is 6.61 Å². The summed E-state index contributed by atoms with van der Waals surface area (Å²) >= 11 is 0. The lowest BCUT2D eigenvalue weighted by Crippen LogP contribution is -2.47. The molecule has 2 amide bonds. The van der Waals surface area contributed by atoms with Crippen LogP contribution in [0.2, 0.25) is 0 Å². The molecule has 6 heteroatoms. The molecule has 0 bridgehead atoms. The monoisotopic (exact) mass is 271 g/mol. The summed E-state index contributed by atoms with van der Waals surface area (Å²) in [6.45, 7) is 6.47. The molecule has 1 saturated heterocycles. The Bertz CT molecular complexity index is 312. The predicted molar refractivity (Wildman–Crippen MR) is 72.4 cm³/mol. The maximum absolute atomic E-state index is 12.2. The van der Waals surface area contributed by atoms with Gasteiger partial charge in [0.15, 0.2) is 0 Å². The zero-order valence-corrected chi connectivity index (χ0v) is 11.8. The molecule has 1 aliphatic heterocycles. The van der Waals surface area contributed by atoms with Crippen molar-refractivity contribution in [2.24, 2.45) is 17.1 Å². The van der Waals surface area contributed by atoms with Crippen LogP contribution in [0.5, 0.6) is 0 Å². The third kappa shape index (κ3) is 5.16. The van der Waals surface area contributed by atoms with E-state index in [1.807, 2.05) is 13.8 Å². The second-order valence-corrected chi connectivity index (χ2v) is 5.54. The molecule has 0 aliphatic carbocycles. The van der Waals surface area contributed by atoms with E-state index in [9.17, 15) is 9.59 Å². The Morgan fingerprint density at radius 1 is 1.47 bits per heavy atom. The van der Waals surface area contributed by atoms with E-state index in [2.05, 4.69) is 10.6 Å². The number of hydrogen-bond donors (Lipinski definition) is 3. The number of rotatable bonds is 7. The summed E-state index contributed by atoms with van der Waals surface area (Å²) in [5.41, 5.74) is 4.55. The first-order valence-electron chi connectivity index (χ1n) is 6.79. The Balaban J connectivity index is 2.28. The summed E-state index contributed by atoms with van der Waals surface area (Å²) in [5.74, 6) is -0.114. The fourth-order valence-corrected chi connectivity index (χ4v) is 2.29. The lowest BCUT2D eigenvalue weighted by Gasteiger charge is -2.36. The van der Waals surface area contributed by atoms with Gasteiger partial charge in [-0.25, -0.2) is 0 Å². The summed E-state index contributed by atoms with van der Waals surface area (Å²) in [5, 5.41) is 6.18. The average molecular weight is 271 g/mol. The standard InChI is InChI=1S/C13H25N3O3/c1-13(2,10-4-3-5-15-8-10)12(18)16-6-7-19-9-11(14)17/h10,15H,3-9H2,1-2H3,(H2,14,17)(H,16,18). The molecule has 0 aromatic heterocycles. The third-order valence-corrected chi connectivity index (χ3v) is 3.68. The summed E-state index contributed by atoms with van der Waals surface area (Å²) in [4.78, 5) is 22.6. The van der Waals surface area contributed by atoms with Gasteiger partial charge in [0, 0.05) is 12.0 Å². The Morgan fingerprint density at radius 3 is 2.79 bits per heavy atom. The highest BCUT2D eigenvalue weighted by Gasteiger charge is 2.36. The fraction of sp³-hybridized carbons (Fsp3) is 0.846. The zero-order valence-electron chi connectivity index (χ0n) is 11.8. The minimum atomic E-state index is -0.500. The quantitative estimate of drug-likeness (QED) is 0.551. The van der Waals surface area contributed by atoms with Crippen molar-refractivity contribution in [1.82, 2.24) is 10.6 Å². The first-order valence-corrected chi connectivity index (χ1v) is 6.79. The van der Waals surface area contributed by atoms with Gasteiger partial charge in [-0.1, -0.05) is 13.8 Å². The Morgan fingerprint density at radius 2 is 2.21 bits per heavy atom. The third-order valence-electron chi connectivity index (χ3n) is 3.68. The van der Waals surface area contributed by atoms with Crippen LogP contribution in [0.4, 0.5) is 0 Å². The molecule has 19 heavy (non-hydrogen) atoms. The van der Waals surface area contributed by atoms with Crippen LogP contribution in [0.3, 0.4) is 0 Å². The van der Waals surface area contributed by atoms with Gasteiger partial charge in [0.1, 0.15) is 6.61 Å². The molecule has 0 aromatic rings. The van der Waals surface area contributed by atoms with Crippen LogP contribution in [0.1, 0.15) is 26.7 Å². The fourth-order valence-electron chi connectivity index (χ4n) is 2.29. The molecule has 1 atom stereocenters. The molecular formula is C13H25N3O3. The molecule has 1 fully saturated rings. The van der Waals surface area contributed by atoms with Crippen molar-refractivity contribution >= 4 is 11.8 Å². The van der Waals surface area contributed by atoms with Crippen LogP contribution in [0.15, 0.2) is 0 Å². The Labute approximate surface area is 114 Å². The van der Waals surface area contributed by atoms with Crippen LogP contribution >= 0.6 is 0 Å². The van der Waals surface area contributed by atoms with Gasteiger partial charge in [-0.15, -0.1) is 0 Å². The van der Waals surface area contributed by atoms with Crippen molar-refractivity contribution in [3.8, 4) is 0 Å². The van der Waals surface area contributed by atoms with Crippen molar-refractivity contribution in [2.45, 2.75) is 26.7 Å². The van der Waals surface area contributed by atoms with Gasteiger partial charge < -0.3 is 21.1 Å². The molecular weight excluding hydrogens is 246 g/mol. The molecule has 1 heterocycles. The SMILES string of the molecule is CC(C)(C(=O)NCCOCC(N)=O)C1CCCNC1. The maximum Gasteiger partial charge on any atom is 0.243 e. The minimum Gasteiger partial charge on any atom is -0.370 e.